The highest BCUT2D eigenvalue weighted by atomic mass is 16.6. The van der Waals surface area contributed by atoms with Crippen LogP contribution in [-0.2, 0) is 6.42 Å². The van der Waals surface area contributed by atoms with E-state index in [9.17, 15) is 10.1 Å². The molecule has 2 aromatic rings. The van der Waals surface area contributed by atoms with E-state index in [1.807, 2.05) is 24.3 Å². The largest absolute Gasteiger partial charge is 0.277 e. The van der Waals surface area contributed by atoms with Crippen molar-refractivity contribution < 1.29 is 4.92 Å². The molecule has 2 aromatic carbocycles. The maximum atomic E-state index is 11.4. The fourth-order valence-corrected chi connectivity index (χ4v) is 3.40. The average molecular weight is 267 g/mol. The van der Waals surface area contributed by atoms with Crippen molar-refractivity contribution in [3.8, 4) is 11.1 Å². The summed E-state index contributed by atoms with van der Waals surface area (Å²) in [5.41, 5.74) is 5.75. The molecule has 0 heterocycles. The van der Waals surface area contributed by atoms with Gasteiger partial charge in [0.25, 0.3) is 5.69 Å². The van der Waals surface area contributed by atoms with Crippen molar-refractivity contribution in [3.63, 3.8) is 0 Å². The van der Waals surface area contributed by atoms with Gasteiger partial charge in [-0.05, 0) is 35.1 Å². The molecule has 1 aliphatic rings. The molecule has 0 spiro atoms. The molecular weight excluding hydrogens is 250 g/mol. The molecule has 20 heavy (non-hydrogen) atoms. The fourth-order valence-electron chi connectivity index (χ4n) is 3.40. The topological polar surface area (TPSA) is 43.1 Å². The van der Waals surface area contributed by atoms with E-state index in [1.54, 1.807) is 6.07 Å². The van der Waals surface area contributed by atoms with E-state index in [-0.39, 0.29) is 16.5 Å². The molecule has 0 aromatic heterocycles. The van der Waals surface area contributed by atoms with Gasteiger partial charge in [0.2, 0.25) is 0 Å². The van der Waals surface area contributed by atoms with E-state index in [0.29, 0.717) is 0 Å². The molecule has 0 saturated heterocycles. The number of rotatable bonds is 3. The summed E-state index contributed by atoms with van der Waals surface area (Å²) in [6, 6.07) is 11.7. The first-order valence-electron chi connectivity index (χ1n) is 7.08. The summed E-state index contributed by atoms with van der Waals surface area (Å²) < 4.78 is 0. The van der Waals surface area contributed by atoms with Crippen molar-refractivity contribution in [2.45, 2.75) is 32.6 Å². The second kappa shape index (κ2) is 4.75. The van der Waals surface area contributed by atoms with Gasteiger partial charge in [0, 0.05) is 12.0 Å². The highest BCUT2D eigenvalue weighted by molar-refractivity contribution is 5.86. The minimum absolute atomic E-state index is 0.237. The molecule has 102 valence electrons. The van der Waals surface area contributed by atoms with Gasteiger partial charge in [-0.25, -0.2) is 0 Å². The molecule has 3 rings (SSSR count). The Hall–Kier alpha value is -2.16. The van der Waals surface area contributed by atoms with E-state index in [4.69, 9.17) is 0 Å². The number of nitro benzene ring substituents is 1. The van der Waals surface area contributed by atoms with Gasteiger partial charge >= 0.3 is 0 Å². The van der Waals surface area contributed by atoms with Crippen molar-refractivity contribution in [3.05, 3.63) is 63.2 Å². The average Bonchev–Trinajstić information content (AvgIpc) is 2.80. The molecule has 1 aliphatic carbocycles. The number of nitrogens with zero attached hydrogens (tertiary/aromatic N) is 1. The van der Waals surface area contributed by atoms with E-state index in [1.165, 1.54) is 16.7 Å². The van der Waals surface area contributed by atoms with Crippen molar-refractivity contribution in [1.82, 2.24) is 0 Å². The highest BCUT2D eigenvalue weighted by Crippen LogP contribution is 2.51. The van der Waals surface area contributed by atoms with Crippen LogP contribution >= 0.6 is 0 Å². The van der Waals surface area contributed by atoms with E-state index >= 15 is 0 Å². The van der Waals surface area contributed by atoms with Crippen LogP contribution in [0.25, 0.3) is 11.1 Å². The van der Waals surface area contributed by atoms with Gasteiger partial charge in [0.1, 0.15) is 0 Å². The first kappa shape index (κ1) is 12.9. The summed E-state index contributed by atoms with van der Waals surface area (Å²) in [6.07, 6.45) is 1.88. The number of fused-ring (bicyclic) bond motifs is 3. The van der Waals surface area contributed by atoms with Crippen molar-refractivity contribution >= 4 is 5.69 Å². The number of hydrogen-bond acceptors (Lipinski definition) is 2. The van der Waals surface area contributed by atoms with Crippen LogP contribution < -0.4 is 0 Å². The predicted molar refractivity (Wildman–Crippen MR) is 80.0 cm³/mol. The Morgan fingerprint density at radius 1 is 1.15 bits per heavy atom. The van der Waals surface area contributed by atoms with Gasteiger partial charge in [-0.2, -0.15) is 0 Å². The molecule has 0 N–H and O–H groups in total. The third-order valence-electron chi connectivity index (χ3n) is 4.25. The van der Waals surface area contributed by atoms with Gasteiger partial charge < -0.3 is 0 Å². The van der Waals surface area contributed by atoms with E-state index in [0.717, 1.165) is 24.0 Å². The monoisotopic (exact) mass is 267 g/mol. The third kappa shape index (κ3) is 1.66. The fraction of sp³-hybridized carbons (Fsp3) is 0.294. The van der Waals surface area contributed by atoms with Gasteiger partial charge in [0.15, 0.2) is 0 Å². The zero-order valence-corrected chi connectivity index (χ0v) is 11.7. The second-order valence-electron chi connectivity index (χ2n) is 5.19. The summed E-state index contributed by atoms with van der Waals surface area (Å²) in [5.74, 6) is 0.288. The van der Waals surface area contributed by atoms with Gasteiger partial charge in [0.05, 0.1) is 10.5 Å². The van der Waals surface area contributed by atoms with Crippen molar-refractivity contribution in [2.75, 3.05) is 0 Å². The molecule has 0 saturated carbocycles. The molecule has 1 atom stereocenters. The van der Waals surface area contributed by atoms with Crippen LogP contribution in [0.3, 0.4) is 0 Å². The lowest BCUT2D eigenvalue weighted by molar-refractivity contribution is -0.384. The molecule has 0 bridgehead atoms. The SMILES string of the molecule is CCc1ccc([N+](=O)[O-])c2c1C(CC)c1ccccc1-2. The van der Waals surface area contributed by atoms with Crippen LogP contribution in [0.4, 0.5) is 5.69 Å². The maximum absolute atomic E-state index is 11.4. The normalized spacial score (nSPS) is 15.8. The summed E-state index contributed by atoms with van der Waals surface area (Å²) in [6.45, 7) is 4.26. The molecule has 0 radical (unpaired) electrons. The van der Waals surface area contributed by atoms with Crippen LogP contribution in [0.15, 0.2) is 36.4 Å². The first-order valence-corrected chi connectivity index (χ1v) is 7.08. The number of nitro groups is 1. The Kier molecular flexibility index (Phi) is 3.05. The lowest BCUT2D eigenvalue weighted by atomic mass is 9.89. The predicted octanol–water partition coefficient (Wildman–Crippen LogP) is 4.68. The molecular formula is C17H17NO2. The zero-order valence-electron chi connectivity index (χ0n) is 11.7. The maximum Gasteiger partial charge on any atom is 0.277 e. The quantitative estimate of drug-likeness (QED) is 0.598. The molecule has 0 amide bonds. The van der Waals surface area contributed by atoms with Gasteiger partial charge in [-0.15, -0.1) is 0 Å². The van der Waals surface area contributed by atoms with Gasteiger partial charge in [-0.3, -0.25) is 10.1 Å². The van der Waals surface area contributed by atoms with Crippen LogP contribution in [0, 0.1) is 10.1 Å². The minimum atomic E-state index is -0.257. The summed E-state index contributed by atoms with van der Waals surface area (Å²) in [5, 5.41) is 11.4. The standard InChI is InChI=1S/C17H17NO2/c1-3-11-9-10-15(18(19)20)17-14-8-6-5-7-13(14)12(4-2)16(11)17/h5-10,12H,3-4H2,1-2H3. The van der Waals surface area contributed by atoms with Crippen molar-refractivity contribution in [1.29, 1.82) is 0 Å². The molecule has 3 heteroatoms. The number of benzene rings is 2. The van der Waals surface area contributed by atoms with Crippen molar-refractivity contribution in [2.24, 2.45) is 0 Å². The summed E-state index contributed by atoms with van der Waals surface area (Å²) in [7, 11) is 0. The molecule has 3 nitrogen and oxygen atoms in total. The highest BCUT2D eigenvalue weighted by Gasteiger charge is 2.34. The number of hydrogen-bond donors (Lipinski definition) is 0. The third-order valence-corrected chi connectivity index (χ3v) is 4.25. The molecule has 0 aliphatic heterocycles. The summed E-state index contributed by atoms with van der Waals surface area (Å²) >= 11 is 0. The Labute approximate surface area is 118 Å². The number of aryl methyl sites for hydroxylation is 1. The minimum Gasteiger partial charge on any atom is -0.258 e. The smallest absolute Gasteiger partial charge is 0.258 e. The lowest BCUT2D eigenvalue weighted by Crippen LogP contribution is -2.01. The van der Waals surface area contributed by atoms with E-state index in [2.05, 4.69) is 19.9 Å². The Morgan fingerprint density at radius 3 is 2.55 bits per heavy atom. The Bertz CT molecular complexity index is 691. The Morgan fingerprint density at radius 2 is 1.90 bits per heavy atom. The van der Waals surface area contributed by atoms with Crippen LogP contribution in [0.5, 0.6) is 0 Å². The van der Waals surface area contributed by atoms with E-state index < -0.39 is 0 Å². The zero-order chi connectivity index (χ0) is 14.3. The van der Waals surface area contributed by atoms with Crippen LogP contribution in [0.1, 0.15) is 42.9 Å². The molecule has 1 unspecified atom stereocenters. The van der Waals surface area contributed by atoms with Crippen LogP contribution in [0.2, 0.25) is 0 Å². The van der Waals surface area contributed by atoms with Gasteiger partial charge in [-0.1, -0.05) is 44.2 Å². The first-order chi connectivity index (χ1) is 9.69. The lowest BCUT2D eigenvalue weighted by Gasteiger charge is -2.14. The molecule has 0 fully saturated rings. The van der Waals surface area contributed by atoms with Crippen LogP contribution in [-0.4, -0.2) is 4.92 Å². The summed E-state index contributed by atoms with van der Waals surface area (Å²) in [4.78, 5) is 11.1. The second-order valence-corrected chi connectivity index (χ2v) is 5.19. The Balaban J connectivity index is 2.39.